The zero-order valence-electron chi connectivity index (χ0n) is 15.1. The fraction of sp³-hybridized carbons (Fsp3) is 0.263. The van der Waals surface area contributed by atoms with Gasteiger partial charge in [-0.05, 0) is 24.3 Å². The molecule has 3 atom stereocenters. The van der Waals surface area contributed by atoms with Gasteiger partial charge < -0.3 is 26.2 Å². The summed E-state index contributed by atoms with van der Waals surface area (Å²) in [5.41, 5.74) is 12.7. The highest BCUT2D eigenvalue weighted by atomic mass is 16.4. The average Bonchev–Trinajstić information content (AvgIpc) is 2.75. The fourth-order valence-electron chi connectivity index (χ4n) is 2.27. The van der Waals surface area contributed by atoms with Crippen LogP contribution in [0.3, 0.4) is 0 Å². The standard InChI is InChI=1S/C19H24N4O5/c24-12-16(25)18(27)19(28)17(26)15(23-22-14-9-5-2-6-10-14)11-20-21-13-7-3-1-4-8-13/h1-10,15-16,18,20-25,27H,11-12H2. The molecule has 0 saturated heterocycles. The first-order chi connectivity index (χ1) is 13.5. The van der Waals surface area contributed by atoms with Crippen LogP contribution in [-0.4, -0.2) is 58.3 Å². The van der Waals surface area contributed by atoms with Crippen LogP contribution in [0.4, 0.5) is 11.4 Å². The van der Waals surface area contributed by atoms with E-state index in [2.05, 4.69) is 21.7 Å². The van der Waals surface area contributed by atoms with Crippen molar-refractivity contribution in [3.05, 3.63) is 60.7 Å². The Kier molecular flexibility index (Phi) is 8.53. The smallest absolute Gasteiger partial charge is 0.231 e. The lowest BCUT2D eigenvalue weighted by atomic mass is 10.0. The number of Topliss-reactive ketones (excluding diaryl/α,β-unsaturated/α-hetero) is 2. The quantitative estimate of drug-likeness (QED) is 0.188. The van der Waals surface area contributed by atoms with E-state index in [0.717, 1.165) is 5.69 Å². The third kappa shape index (κ3) is 6.41. The maximum Gasteiger partial charge on any atom is 0.231 e. The monoisotopic (exact) mass is 388 g/mol. The van der Waals surface area contributed by atoms with Crippen molar-refractivity contribution < 1.29 is 24.9 Å². The first-order valence-corrected chi connectivity index (χ1v) is 8.68. The van der Waals surface area contributed by atoms with E-state index in [1.165, 1.54) is 0 Å². The van der Waals surface area contributed by atoms with Crippen molar-refractivity contribution in [1.29, 1.82) is 0 Å². The van der Waals surface area contributed by atoms with E-state index in [1.54, 1.807) is 24.3 Å². The molecule has 0 aliphatic carbocycles. The molecule has 0 aliphatic rings. The van der Waals surface area contributed by atoms with Gasteiger partial charge in [-0.3, -0.25) is 9.59 Å². The molecule has 0 amide bonds. The number of aliphatic hydroxyl groups excluding tert-OH is 3. The van der Waals surface area contributed by atoms with Crippen LogP contribution in [0.2, 0.25) is 0 Å². The molecule has 3 unspecified atom stereocenters. The van der Waals surface area contributed by atoms with Crippen molar-refractivity contribution in [2.75, 3.05) is 24.0 Å². The number of benzene rings is 2. The van der Waals surface area contributed by atoms with Gasteiger partial charge in [-0.15, -0.1) is 0 Å². The maximum absolute atomic E-state index is 12.5. The molecule has 0 aromatic heterocycles. The van der Waals surface area contributed by atoms with Crippen molar-refractivity contribution in [3.8, 4) is 0 Å². The molecule has 150 valence electrons. The summed E-state index contributed by atoms with van der Waals surface area (Å²) in [7, 11) is 0. The molecule has 0 fully saturated rings. The van der Waals surface area contributed by atoms with Crippen molar-refractivity contribution in [3.63, 3.8) is 0 Å². The number of nitrogens with one attached hydrogen (secondary N) is 4. The van der Waals surface area contributed by atoms with E-state index >= 15 is 0 Å². The van der Waals surface area contributed by atoms with E-state index in [9.17, 15) is 19.8 Å². The van der Waals surface area contributed by atoms with Crippen LogP contribution in [0, 0.1) is 0 Å². The van der Waals surface area contributed by atoms with E-state index < -0.39 is 36.4 Å². The summed E-state index contributed by atoms with van der Waals surface area (Å²) in [5, 5.41) is 28.0. The number of para-hydroxylation sites is 2. The Morgan fingerprint density at radius 2 is 1.36 bits per heavy atom. The molecule has 28 heavy (non-hydrogen) atoms. The molecule has 2 aromatic carbocycles. The van der Waals surface area contributed by atoms with Gasteiger partial charge >= 0.3 is 0 Å². The second-order valence-electron chi connectivity index (χ2n) is 5.98. The molecular formula is C19H24N4O5. The Balaban J connectivity index is 2.01. The van der Waals surface area contributed by atoms with Crippen LogP contribution in [-0.2, 0) is 9.59 Å². The number of hydrazine groups is 2. The fourth-order valence-corrected chi connectivity index (χ4v) is 2.27. The predicted octanol–water partition coefficient (Wildman–Crippen LogP) is -0.559. The zero-order chi connectivity index (χ0) is 20.4. The van der Waals surface area contributed by atoms with E-state index in [1.807, 2.05) is 36.4 Å². The first kappa shape index (κ1) is 21.5. The summed E-state index contributed by atoms with van der Waals surface area (Å²) >= 11 is 0. The van der Waals surface area contributed by atoms with Gasteiger partial charge in [0.05, 0.1) is 6.61 Å². The number of aliphatic hydroxyl groups is 3. The van der Waals surface area contributed by atoms with Gasteiger partial charge in [0, 0.05) is 17.9 Å². The summed E-state index contributed by atoms with van der Waals surface area (Å²) in [4.78, 5) is 24.6. The second-order valence-corrected chi connectivity index (χ2v) is 5.98. The summed E-state index contributed by atoms with van der Waals surface area (Å²) in [6.45, 7) is -0.852. The van der Waals surface area contributed by atoms with Crippen molar-refractivity contribution in [2.24, 2.45) is 0 Å². The van der Waals surface area contributed by atoms with Gasteiger partial charge in [0.15, 0.2) is 0 Å². The normalized spacial score (nSPS) is 14.0. The highest BCUT2D eigenvalue weighted by molar-refractivity contribution is 6.40. The topological polar surface area (TPSA) is 143 Å². The third-order valence-corrected chi connectivity index (χ3v) is 3.86. The van der Waals surface area contributed by atoms with Crippen molar-refractivity contribution >= 4 is 22.9 Å². The number of anilines is 2. The number of ketones is 2. The van der Waals surface area contributed by atoms with Crippen LogP contribution in [0.1, 0.15) is 0 Å². The molecule has 7 N–H and O–H groups in total. The van der Waals surface area contributed by atoms with E-state index in [0.29, 0.717) is 5.69 Å². The number of rotatable bonds is 12. The van der Waals surface area contributed by atoms with Gasteiger partial charge in [-0.1, -0.05) is 36.4 Å². The molecular weight excluding hydrogens is 364 g/mol. The summed E-state index contributed by atoms with van der Waals surface area (Å²) in [5.74, 6) is -2.15. The zero-order valence-corrected chi connectivity index (χ0v) is 15.1. The molecule has 0 saturated carbocycles. The van der Waals surface area contributed by atoms with Crippen LogP contribution >= 0.6 is 0 Å². The van der Waals surface area contributed by atoms with Crippen molar-refractivity contribution in [1.82, 2.24) is 10.9 Å². The Labute approximate surface area is 162 Å². The third-order valence-electron chi connectivity index (χ3n) is 3.86. The Morgan fingerprint density at radius 3 is 1.89 bits per heavy atom. The van der Waals surface area contributed by atoms with Crippen LogP contribution in [0.5, 0.6) is 0 Å². The minimum absolute atomic E-state index is 0.0127. The van der Waals surface area contributed by atoms with Gasteiger partial charge in [-0.25, -0.2) is 10.9 Å². The highest BCUT2D eigenvalue weighted by Gasteiger charge is 2.33. The number of carbonyl (C=O) groups excluding carboxylic acids is 2. The molecule has 0 spiro atoms. The second kappa shape index (κ2) is 11.1. The van der Waals surface area contributed by atoms with Crippen LogP contribution < -0.4 is 21.7 Å². The molecule has 9 nitrogen and oxygen atoms in total. The number of carbonyl (C=O) groups is 2. The van der Waals surface area contributed by atoms with E-state index in [4.69, 9.17) is 5.11 Å². The van der Waals surface area contributed by atoms with Crippen LogP contribution in [0.15, 0.2) is 60.7 Å². The summed E-state index contributed by atoms with van der Waals surface area (Å²) < 4.78 is 0. The minimum atomic E-state index is -2.00. The number of hydrogen-bond acceptors (Lipinski definition) is 9. The molecule has 0 heterocycles. The highest BCUT2D eigenvalue weighted by Crippen LogP contribution is 2.05. The maximum atomic E-state index is 12.5. The lowest BCUT2D eigenvalue weighted by molar-refractivity contribution is -0.147. The molecule has 0 bridgehead atoms. The average molecular weight is 388 g/mol. The molecule has 0 radical (unpaired) electrons. The SMILES string of the molecule is O=C(C(=O)C(O)C(O)CO)C(CNNc1ccccc1)NNc1ccccc1. The van der Waals surface area contributed by atoms with Crippen molar-refractivity contribution in [2.45, 2.75) is 18.2 Å². The minimum Gasteiger partial charge on any atom is -0.394 e. The lowest BCUT2D eigenvalue weighted by Crippen LogP contribution is -2.53. The molecule has 2 rings (SSSR count). The molecule has 9 heteroatoms. The Morgan fingerprint density at radius 1 is 0.821 bits per heavy atom. The number of hydrogen-bond donors (Lipinski definition) is 7. The van der Waals surface area contributed by atoms with Gasteiger partial charge in [0.25, 0.3) is 0 Å². The van der Waals surface area contributed by atoms with Gasteiger partial charge in [-0.2, -0.15) is 0 Å². The first-order valence-electron chi connectivity index (χ1n) is 8.68. The summed E-state index contributed by atoms with van der Waals surface area (Å²) in [6.07, 6.45) is -3.73. The van der Waals surface area contributed by atoms with E-state index in [-0.39, 0.29) is 6.54 Å². The molecule has 0 aliphatic heterocycles. The van der Waals surface area contributed by atoms with Gasteiger partial charge in [0.1, 0.15) is 18.2 Å². The summed E-state index contributed by atoms with van der Waals surface area (Å²) in [6, 6.07) is 17.0. The predicted molar refractivity (Wildman–Crippen MR) is 104 cm³/mol. The Hall–Kier alpha value is -2.82. The molecule has 2 aromatic rings. The van der Waals surface area contributed by atoms with Crippen LogP contribution in [0.25, 0.3) is 0 Å². The Bertz CT molecular complexity index is 745. The van der Waals surface area contributed by atoms with Gasteiger partial charge in [0.2, 0.25) is 11.6 Å². The largest absolute Gasteiger partial charge is 0.394 e. The lowest BCUT2D eigenvalue weighted by Gasteiger charge is -2.21.